The van der Waals surface area contributed by atoms with E-state index in [0.29, 0.717) is 5.69 Å². The van der Waals surface area contributed by atoms with Crippen LogP contribution in [0.25, 0.3) is 0 Å². The van der Waals surface area contributed by atoms with Crippen LogP contribution in [-0.2, 0) is 4.79 Å². The van der Waals surface area contributed by atoms with Crippen LogP contribution < -0.4 is 5.32 Å². The lowest BCUT2D eigenvalue weighted by Gasteiger charge is -2.30. The van der Waals surface area contributed by atoms with Crippen molar-refractivity contribution in [2.75, 3.05) is 0 Å². The number of carbonyl (C=O) groups excluding carboxylic acids is 1. The Balaban J connectivity index is 2.73. The molecule has 94 valence electrons. The SMILES string of the molecule is CC(C)(C)C(CC(=O)O)NC(=O)c1cscn1. The number of rotatable bonds is 4. The van der Waals surface area contributed by atoms with Crippen LogP contribution in [0.15, 0.2) is 10.9 Å². The van der Waals surface area contributed by atoms with Crippen LogP contribution in [0.3, 0.4) is 0 Å². The molecule has 1 heterocycles. The molecule has 1 atom stereocenters. The monoisotopic (exact) mass is 256 g/mol. The number of carboxylic acids is 1. The molecule has 0 radical (unpaired) electrons. The van der Waals surface area contributed by atoms with E-state index < -0.39 is 12.0 Å². The van der Waals surface area contributed by atoms with Crippen molar-refractivity contribution in [2.45, 2.75) is 33.2 Å². The third-order valence-corrected chi connectivity index (χ3v) is 2.98. The highest BCUT2D eigenvalue weighted by Crippen LogP contribution is 2.22. The van der Waals surface area contributed by atoms with E-state index in [1.54, 1.807) is 10.9 Å². The summed E-state index contributed by atoms with van der Waals surface area (Å²) in [5.74, 6) is -1.25. The minimum Gasteiger partial charge on any atom is -0.481 e. The first-order chi connectivity index (χ1) is 7.80. The molecule has 1 amide bonds. The Bertz CT molecular complexity index is 395. The van der Waals surface area contributed by atoms with Gasteiger partial charge < -0.3 is 10.4 Å². The molecular formula is C11H16N2O3S. The van der Waals surface area contributed by atoms with E-state index in [-0.39, 0.29) is 17.7 Å². The second-order valence-electron chi connectivity index (χ2n) is 4.86. The average Bonchev–Trinajstić information content (AvgIpc) is 2.66. The molecular weight excluding hydrogens is 240 g/mol. The molecule has 5 nitrogen and oxygen atoms in total. The third-order valence-electron chi connectivity index (χ3n) is 2.39. The third kappa shape index (κ3) is 4.14. The van der Waals surface area contributed by atoms with Crippen molar-refractivity contribution in [3.05, 3.63) is 16.6 Å². The van der Waals surface area contributed by atoms with Gasteiger partial charge in [0.1, 0.15) is 5.69 Å². The Morgan fingerprint density at radius 2 is 2.18 bits per heavy atom. The largest absolute Gasteiger partial charge is 0.481 e. The zero-order valence-electron chi connectivity index (χ0n) is 10.1. The highest BCUT2D eigenvalue weighted by atomic mass is 32.1. The molecule has 0 bridgehead atoms. The molecule has 0 fully saturated rings. The number of aliphatic carboxylic acids is 1. The number of hydrogen-bond donors (Lipinski definition) is 2. The quantitative estimate of drug-likeness (QED) is 0.860. The topological polar surface area (TPSA) is 79.3 Å². The predicted molar refractivity (Wildman–Crippen MR) is 65.1 cm³/mol. The lowest BCUT2D eigenvalue weighted by Crippen LogP contribution is -2.45. The molecule has 0 spiro atoms. The fraction of sp³-hybridized carbons (Fsp3) is 0.545. The van der Waals surface area contributed by atoms with E-state index >= 15 is 0 Å². The highest BCUT2D eigenvalue weighted by Gasteiger charge is 2.29. The molecule has 0 saturated carbocycles. The van der Waals surface area contributed by atoms with Crippen LogP contribution in [0.5, 0.6) is 0 Å². The number of thiazole rings is 1. The summed E-state index contributed by atoms with van der Waals surface area (Å²) in [6.07, 6.45) is -0.0978. The van der Waals surface area contributed by atoms with E-state index in [0.717, 1.165) is 0 Å². The summed E-state index contributed by atoms with van der Waals surface area (Å²) >= 11 is 1.33. The van der Waals surface area contributed by atoms with Gasteiger partial charge in [0.2, 0.25) is 0 Å². The van der Waals surface area contributed by atoms with E-state index in [2.05, 4.69) is 10.3 Å². The number of nitrogens with one attached hydrogen (secondary N) is 1. The molecule has 1 aromatic rings. The molecule has 0 aliphatic carbocycles. The maximum absolute atomic E-state index is 11.8. The summed E-state index contributed by atoms with van der Waals surface area (Å²) in [5, 5.41) is 13.2. The fourth-order valence-electron chi connectivity index (χ4n) is 1.31. The molecule has 1 aromatic heterocycles. The molecule has 0 aliphatic rings. The molecule has 2 N–H and O–H groups in total. The summed E-state index contributed by atoms with van der Waals surface area (Å²) < 4.78 is 0. The van der Waals surface area contributed by atoms with Gasteiger partial charge in [-0.15, -0.1) is 11.3 Å². The number of carboxylic acid groups (broad SMARTS) is 1. The van der Waals surface area contributed by atoms with Gasteiger partial charge in [-0.3, -0.25) is 9.59 Å². The van der Waals surface area contributed by atoms with Crippen molar-refractivity contribution in [3.8, 4) is 0 Å². The Morgan fingerprint density at radius 3 is 2.59 bits per heavy atom. The minimum atomic E-state index is -0.927. The minimum absolute atomic E-state index is 0.0978. The van der Waals surface area contributed by atoms with Gasteiger partial charge >= 0.3 is 5.97 Å². The van der Waals surface area contributed by atoms with Gasteiger partial charge in [0.05, 0.1) is 11.9 Å². The summed E-state index contributed by atoms with van der Waals surface area (Å²) in [5.41, 5.74) is 1.58. The highest BCUT2D eigenvalue weighted by molar-refractivity contribution is 7.07. The smallest absolute Gasteiger partial charge is 0.305 e. The Hall–Kier alpha value is -1.43. The van der Waals surface area contributed by atoms with E-state index in [1.807, 2.05) is 20.8 Å². The van der Waals surface area contributed by atoms with Crippen molar-refractivity contribution >= 4 is 23.2 Å². The van der Waals surface area contributed by atoms with Gasteiger partial charge in [0, 0.05) is 11.4 Å². The summed E-state index contributed by atoms with van der Waals surface area (Å²) in [4.78, 5) is 26.4. The molecule has 1 rings (SSSR count). The second kappa shape index (κ2) is 5.27. The zero-order valence-corrected chi connectivity index (χ0v) is 10.9. The average molecular weight is 256 g/mol. The number of aromatic nitrogens is 1. The maximum Gasteiger partial charge on any atom is 0.305 e. The molecule has 0 aliphatic heterocycles. The van der Waals surface area contributed by atoms with Crippen molar-refractivity contribution in [1.82, 2.24) is 10.3 Å². The molecule has 17 heavy (non-hydrogen) atoms. The zero-order chi connectivity index (χ0) is 13.1. The summed E-state index contributed by atoms with van der Waals surface area (Å²) in [7, 11) is 0. The Kier molecular flexibility index (Phi) is 4.22. The second-order valence-corrected chi connectivity index (χ2v) is 5.58. The first kappa shape index (κ1) is 13.6. The standard InChI is InChI=1S/C11H16N2O3S/c1-11(2,3)8(4-9(14)15)13-10(16)7-5-17-6-12-7/h5-6,8H,4H2,1-3H3,(H,13,16)(H,14,15). The number of nitrogens with zero attached hydrogens (tertiary/aromatic N) is 1. The van der Waals surface area contributed by atoms with E-state index in [9.17, 15) is 9.59 Å². The number of amides is 1. The van der Waals surface area contributed by atoms with Gasteiger partial charge in [-0.05, 0) is 5.41 Å². The van der Waals surface area contributed by atoms with Gasteiger partial charge in [-0.1, -0.05) is 20.8 Å². The first-order valence-corrected chi connectivity index (χ1v) is 6.16. The summed E-state index contributed by atoms with van der Waals surface area (Å²) in [6.45, 7) is 5.67. The molecule has 1 unspecified atom stereocenters. The number of hydrogen-bond acceptors (Lipinski definition) is 4. The van der Waals surface area contributed by atoms with Crippen LogP contribution in [0.2, 0.25) is 0 Å². The van der Waals surface area contributed by atoms with Crippen molar-refractivity contribution in [1.29, 1.82) is 0 Å². The van der Waals surface area contributed by atoms with Crippen molar-refractivity contribution in [3.63, 3.8) is 0 Å². The van der Waals surface area contributed by atoms with Crippen molar-refractivity contribution in [2.24, 2.45) is 5.41 Å². The molecule has 0 saturated heterocycles. The van der Waals surface area contributed by atoms with Crippen LogP contribution >= 0.6 is 11.3 Å². The van der Waals surface area contributed by atoms with Crippen LogP contribution in [-0.4, -0.2) is 28.0 Å². The van der Waals surface area contributed by atoms with Crippen molar-refractivity contribution < 1.29 is 14.7 Å². The normalized spacial score (nSPS) is 13.1. The van der Waals surface area contributed by atoms with E-state index in [1.165, 1.54) is 11.3 Å². The van der Waals surface area contributed by atoms with Crippen LogP contribution in [0, 0.1) is 5.41 Å². The van der Waals surface area contributed by atoms with Gasteiger partial charge in [0.15, 0.2) is 0 Å². The first-order valence-electron chi connectivity index (χ1n) is 5.21. The predicted octanol–water partition coefficient (Wildman–Crippen LogP) is 1.76. The van der Waals surface area contributed by atoms with Gasteiger partial charge in [-0.2, -0.15) is 0 Å². The lowest BCUT2D eigenvalue weighted by molar-refractivity contribution is -0.138. The Labute approximate surface area is 104 Å². The van der Waals surface area contributed by atoms with E-state index in [4.69, 9.17) is 5.11 Å². The number of carbonyl (C=O) groups is 2. The van der Waals surface area contributed by atoms with Gasteiger partial charge in [0.25, 0.3) is 5.91 Å². The molecule has 0 aromatic carbocycles. The summed E-state index contributed by atoms with van der Waals surface area (Å²) in [6, 6.07) is -0.422. The molecule has 6 heteroatoms. The fourth-order valence-corrected chi connectivity index (χ4v) is 1.84. The Morgan fingerprint density at radius 1 is 1.53 bits per heavy atom. The van der Waals surface area contributed by atoms with Crippen LogP contribution in [0.1, 0.15) is 37.7 Å². The lowest BCUT2D eigenvalue weighted by atomic mass is 9.84. The van der Waals surface area contributed by atoms with Crippen LogP contribution in [0.4, 0.5) is 0 Å². The maximum atomic E-state index is 11.8. The van der Waals surface area contributed by atoms with Gasteiger partial charge in [-0.25, -0.2) is 4.98 Å².